The van der Waals surface area contributed by atoms with Crippen molar-refractivity contribution in [2.45, 2.75) is 19.7 Å². The van der Waals surface area contributed by atoms with Crippen molar-refractivity contribution in [2.24, 2.45) is 0 Å². The van der Waals surface area contributed by atoms with Gasteiger partial charge in [0.1, 0.15) is 0 Å². The Kier molecular flexibility index (Phi) is 2.48. The minimum absolute atomic E-state index is 0.169. The number of hydrogen-bond acceptors (Lipinski definition) is 4. The molecule has 1 aromatic carbocycles. The van der Waals surface area contributed by atoms with Gasteiger partial charge in [-0.3, -0.25) is 4.79 Å². The van der Waals surface area contributed by atoms with Crippen LogP contribution in [-0.4, -0.2) is 28.9 Å². The molecular formula is C13H13NO4. The minimum atomic E-state index is -0.831. The number of fused-ring (bicyclic) bond motifs is 1. The lowest BCUT2D eigenvalue weighted by molar-refractivity contribution is -0.131. The van der Waals surface area contributed by atoms with E-state index in [0.717, 1.165) is 5.56 Å². The molecule has 5 nitrogen and oxygen atoms in total. The standard InChI is InChI=1S/C13H13NO4/c1-8-4-12(15)14(13(8)16)6-9-2-3-10-11(5-9)18-7-17-10/h2-5,13,16H,6-7H2,1H3. The molecule has 0 saturated carbocycles. The van der Waals surface area contributed by atoms with Crippen molar-refractivity contribution in [3.05, 3.63) is 35.4 Å². The van der Waals surface area contributed by atoms with Crippen molar-refractivity contribution >= 4 is 5.91 Å². The van der Waals surface area contributed by atoms with Crippen molar-refractivity contribution in [1.29, 1.82) is 0 Å². The second-order valence-corrected chi connectivity index (χ2v) is 4.42. The van der Waals surface area contributed by atoms with E-state index in [0.29, 0.717) is 23.6 Å². The molecule has 1 atom stereocenters. The minimum Gasteiger partial charge on any atom is -0.454 e. The van der Waals surface area contributed by atoms with Crippen LogP contribution in [0.5, 0.6) is 11.5 Å². The van der Waals surface area contributed by atoms with Gasteiger partial charge in [0.15, 0.2) is 17.7 Å². The molecular weight excluding hydrogens is 234 g/mol. The first-order valence-corrected chi connectivity index (χ1v) is 5.70. The molecule has 1 aromatic rings. The monoisotopic (exact) mass is 247 g/mol. The lowest BCUT2D eigenvalue weighted by atomic mass is 10.2. The van der Waals surface area contributed by atoms with Crippen LogP contribution in [0.3, 0.4) is 0 Å². The van der Waals surface area contributed by atoms with Crippen LogP contribution in [0, 0.1) is 0 Å². The van der Waals surface area contributed by atoms with Crippen molar-refractivity contribution < 1.29 is 19.4 Å². The molecule has 2 aliphatic rings. The maximum atomic E-state index is 11.7. The number of carbonyl (C=O) groups excluding carboxylic acids is 1. The molecule has 0 saturated heterocycles. The average Bonchev–Trinajstić information content (AvgIpc) is 2.89. The van der Waals surface area contributed by atoms with Crippen LogP contribution in [-0.2, 0) is 11.3 Å². The van der Waals surface area contributed by atoms with Crippen LogP contribution < -0.4 is 9.47 Å². The van der Waals surface area contributed by atoms with Crippen molar-refractivity contribution in [3.63, 3.8) is 0 Å². The first-order chi connectivity index (χ1) is 8.65. The predicted molar refractivity (Wildman–Crippen MR) is 62.9 cm³/mol. The maximum absolute atomic E-state index is 11.7. The second-order valence-electron chi connectivity index (χ2n) is 4.42. The van der Waals surface area contributed by atoms with E-state index < -0.39 is 6.23 Å². The summed E-state index contributed by atoms with van der Waals surface area (Å²) in [7, 11) is 0. The third-order valence-electron chi connectivity index (χ3n) is 3.13. The fourth-order valence-corrected chi connectivity index (χ4v) is 2.12. The molecule has 5 heteroatoms. The number of nitrogens with zero attached hydrogens (tertiary/aromatic N) is 1. The van der Waals surface area contributed by atoms with Gasteiger partial charge in [0.25, 0.3) is 0 Å². The number of amides is 1. The molecule has 1 unspecified atom stereocenters. The molecule has 2 aliphatic heterocycles. The van der Waals surface area contributed by atoms with Gasteiger partial charge in [-0.1, -0.05) is 6.07 Å². The number of benzene rings is 1. The molecule has 3 rings (SSSR count). The van der Waals surface area contributed by atoms with E-state index >= 15 is 0 Å². The molecule has 0 bridgehead atoms. The summed E-state index contributed by atoms with van der Waals surface area (Å²) in [5.74, 6) is 1.22. The van der Waals surface area contributed by atoms with Gasteiger partial charge in [-0.15, -0.1) is 0 Å². The summed E-state index contributed by atoms with van der Waals surface area (Å²) >= 11 is 0. The fraction of sp³-hybridized carbons (Fsp3) is 0.308. The van der Waals surface area contributed by atoms with Gasteiger partial charge in [0.05, 0.1) is 0 Å². The largest absolute Gasteiger partial charge is 0.454 e. The van der Waals surface area contributed by atoms with Crippen molar-refractivity contribution in [2.75, 3.05) is 6.79 Å². The van der Waals surface area contributed by atoms with Crippen LogP contribution in [0.4, 0.5) is 0 Å². The highest BCUT2D eigenvalue weighted by atomic mass is 16.7. The highest BCUT2D eigenvalue weighted by Crippen LogP contribution is 2.33. The first-order valence-electron chi connectivity index (χ1n) is 5.70. The summed E-state index contributed by atoms with van der Waals surface area (Å²) in [6, 6.07) is 5.50. The molecule has 0 aromatic heterocycles. The molecule has 0 aliphatic carbocycles. The third-order valence-corrected chi connectivity index (χ3v) is 3.13. The Balaban J connectivity index is 1.80. The van der Waals surface area contributed by atoms with Gasteiger partial charge in [0, 0.05) is 12.6 Å². The van der Waals surface area contributed by atoms with E-state index in [4.69, 9.17) is 9.47 Å². The predicted octanol–water partition coefficient (Wildman–Crippen LogP) is 1.02. The lowest BCUT2D eigenvalue weighted by Gasteiger charge is -2.22. The average molecular weight is 247 g/mol. The van der Waals surface area contributed by atoms with Gasteiger partial charge in [-0.2, -0.15) is 0 Å². The van der Waals surface area contributed by atoms with Crippen LogP contribution in [0.1, 0.15) is 12.5 Å². The Morgan fingerprint density at radius 1 is 1.39 bits per heavy atom. The zero-order valence-electron chi connectivity index (χ0n) is 9.92. The molecule has 1 amide bonds. The van der Waals surface area contributed by atoms with E-state index in [1.807, 2.05) is 18.2 Å². The van der Waals surface area contributed by atoms with Gasteiger partial charge in [0.2, 0.25) is 12.7 Å². The zero-order chi connectivity index (χ0) is 12.7. The van der Waals surface area contributed by atoms with E-state index in [1.165, 1.54) is 11.0 Å². The molecule has 0 fully saturated rings. The molecule has 2 heterocycles. The van der Waals surface area contributed by atoms with Crippen molar-refractivity contribution in [1.82, 2.24) is 4.90 Å². The molecule has 18 heavy (non-hydrogen) atoms. The second kappa shape index (κ2) is 4.03. The summed E-state index contributed by atoms with van der Waals surface area (Å²) in [6.45, 7) is 2.32. The lowest BCUT2D eigenvalue weighted by Crippen LogP contribution is -2.34. The van der Waals surface area contributed by atoms with Gasteiger partial charge in [-0.05, 0) is 30.2 Å². The first kappa shape index (κ1) is 11.1. The van der Waals surface area contributed by atoms with Gasteiger partial charge >= 0.3 is 0 Å². The number of aliphatic hydroxyl groups excluding tert-OH is 1. The highest BCUT2D eigenvalue weighted by molar-refractivity contribution is 5.91. The number of ether oxygens (including phenoxy) is 2. The topological polar surface area (TPSA) is 59.0 Å². The Hall–Kier alpha value is -2.01. The van der Waals surface area contributed by atoms with Crippen LogP contribution in [0.15, 0.2) is 29.8 Å². The Bertz CT molecular complexity index is 538. The summed E-state index contributed by atoms with van der Waals surface area (Å²) < 4.78 is 10.5. The van der Waals surface area contributed by atoms with Crippen LogP contribution >= 0.6 is 0 Å². The third kappa shape index (κ3) is 1.73. The SMILES string of the molecule is CC1=CC(=O)N(Cc2ccc3c(c2)OCO3)C1O. The molecule has 1 N–H and O–H groups in total. The summed E-state index contributed by atoms with van der Waals surface area (Å²) in [5, 5.41) is 9.86. The van der Waals surface area contributed by atoms with Crippen LogP contribution in [0.25, 0.3) is 0 Å². The summed E-state index contributed by atoms with van der Waals surface area (Å²) in [5.41, 5.74) is 1.57. The normalized spacial score (nSPS) is 21.4. The summed E-state index contributed by atoms with van der Waals surface area (Å²) in [6.07, 6.45) is 0.625. The molecule has 0 spiro atoms. The van der Waals surface area contributed by atoms with E-state index in [1.54, 1.807) is 6.92 Å². The quantitative estimate of drug-likeness (QED) is 0.847. The van der Waals surface area contributed by atoms with Crippen LogP contribution in [0.2, 0.25) is 0 Å². The van der Waals surface area contributed by atoms with Gasteiger partial charge in [-0.25, -0.2) is 0 Å². The smallest absolute Gasteiger partial charge is 0.249 e. The number of rotatable bonds is 2. The Morgan fingerprint density at radius 3 is 2.89 bits per heavy atom. The molecule has 94 valence electrons. The molecule has 0 radical (unpaired) electrons. The Morgan fingerprint density at radius 2 is 2.17 bits per heavy atom. The number of carbonyl (C=O) groups is 1. The summed E-state index contributed by atoms with van der Waals surface area (Å²) in [4.78, 5) is 13.1. The number of aliphatic hydroxyl groups is 1. The van der Waals surface area contributed by atoms with Crippen molar-refractivity contribution in [3.8, 4) is 11.5 Å². The maximum Gasteiger partial charge on any atom is 0.249 e. The Labute approximate surface area is 104 Å². The highest BCUT2D eigenvalue weighted by Gasteiger charge is 2.28. The van der Waals surface area contributed by atoms with E-state index in [2.05, 4.69) is 0 Å². The van der Waals surface area contributed by atoms with E-state index in [-0.39, 0.29) is 12.7 Å². The van der Waals surface area contributed by atoms with Gasteiger partial charge < -0.3 is 19.5 Å². The fourth-order valence-electron chi connectivity index (χ4n) is 2.12. The number of hydrogen-bond donors (Lipinski definition) is 1. The zero-order valence-corrected chi connectivity index (χ0v) is 9.92. The van der Waals surface area contributed by atoms with E-state index in [9.17, 15) is 9.90 Å².